The minimum absolute atomic E-state index is 0.0179. The fourth-order valence-corrected chi connectivity index (χ4v) is 2.71. The van der Waals surface area contributed by atoms with Crippen molar-refractivity contribution in [3.8, 4) is 0 Å². The number of rotatable bonds is 3. The maximum Gasteiger partial charge on any atom is 0.248 e. The van der Waals surface area contributed by atoms with Crippen LogP contribution in [0.3, 0.4) is 0 Å². The second-order valence-corrected chi connectivity index (χ2v) is 5.53. The van der Waals surface area contributed by atoms with Crippen LogP contribution >= 0.6 is 0 Å². The van der Waals surface area contributed by atoms with Gasteiger partial charge in [-0.3, -0.25) is 9.59 Å². The molecular formula is C13H22N2O2. The second-order valence-electron chi connectivity index (χ2n) is 5.53. The van der Waals surface area contributed by atoms with E-state index in [1.807, 2.05) is 25.7 Å². The minimum atomic E-state index is -0.704. The monoisotopic (exact) mass is 238 g/mol. The highest BCUT2D eigenvalue weighted by Gasteiger charge is 2.53. The Morgan fingerprint density at radius 2 is 2.06 bits per heavy atom. The van der Waals surface area contributed by atoms with Crippen molar-refractivity contribution in [2.45, 2.75) is 64.6 Å². The van der Waals surface area contributed by atoms with E-state index in [0.29, 0.717) is 18.4 Å². The normalized spacial score (nSPS) is 41.4. The van der Waals surface area contributed by atoms with Crippen LogP contribution in [0.15, 0.2) is 0 Å². The van der Waals surface area contributed by atoms with E-state index in [0.717, 1.165) is 12.8 Å². The van der Waals surface area contributed by atoms with Gasteiger partial charge in [-0.05, 0) is 32.6 Å². The highest BCUT2D eigenvalue weighted by molar-refractivity contribution is 5.99. The summed E-state index contributed by atoms with van der Waals surface area (Å²) in [5, 5.41) is 2.86. The number of amides is 2. The topological polar surface area (TPSA) is 49.4 Å². The third-order valence-electron chi connectivity index (χ3n) is 4.38. The van der Waals surface area contributed by atoms with Crippen molar-refractivity contribution in [3.63, 3.8) is 0 Å². The molecule has 4 nitrogen and oxygen atoms in total. The van der Waals surface area contributed by atoms with Gasteiger partial charge in [-0.2, -0.15) is 0 Å². The standard InChI is InChI=1S/C13H22N2O2/c1-5-9-7-10(9)15-8(3)11(16)14-13(4,6-2)12(15)17/h8-10H,5-7H2,1-4H3,(H,14,16). The van der Waals surface area contributed by atoms with Gasteiger partial charge in [0.1, 0.15) is 11.6 Å². The maximum atomic E-state index is 12.5. The van der Waals surface area contributed by atoms with Gasteiger partial charge in [0, 0.05) is 6.04 Å². The van der Waals surface area contributed by atoms with Gasteiger partial charge < -0.3 is 10.2 Å². The van der Waals surface area contributed by atoms with E-state index in [1.54, 1.807) is 0 Å². The average molecular weight is 238 g/mol. The molecular weight excluding hydrogens is 216 g/mol. The third kappa shape index (κ3) is 1.83. The molecule has 4 heteroatoms. The lowest BCUT2D eigenvalue weighted by molar-refractivity contribution is -0.154. The zero-order valence-electron chi connectivity index (χ0n) is 11.1. The molecule has 1 saturated carbocycles. The summed E-state index contributed by atoms with van der Waals surface area (Å²) >= 11 is 0. The zero-order valence-corrected chi connectivity index (χ0v) is 11.1. The van der Waals surface area contributed by atoms with Gasteiger partial charge in [-0.25, -0.2) is 0 Å². The van der Waals surface area contributed by atoms with Crippen LogP contribution in [0, 0.1) is 5.92 Å². The van der Waals surface area contributed by atoms with Gasteiger partial charge in [-0.1, -0.05) is 20.3 Å². The van der Waals surface area contributed by atoms with Crippen molar-refractivity contribution in [2.75, 3.05) is 0 Å². The number of nitrogens with one attached hydrogen (secondary N) is 1. The van der Waals surface area contributed by atoms with Crippen molar-refractivity contribution in [3.05, 3.63) is 0 Å². The molecule has 0 aromatic rings. The Hall–Kier alpha value is -1.06. The first-order valence-electron chi connectivity index (χ1n) is 6.59. The fraction of sp³-hybridized carbons (Fsp3) is 0.846. The maximum absolute atomic E-state index is 12.5. The molecule has 0 aromatic carbocycles. The smallest absolute Gasteiger partial charge is 0.248 e. The number of carbonyl (C=O) groups is 2. The van der Waals surface area contributed by atoms with Crippen LogP contribution in [0.5, 0.6) is 0 Å². The van der Waals surface area contributed by atoms with Crippen LogP contribution < -0.4 is 5.32 Å². The molecule has 1 aliphatic heterocycles. The van der Waals surface area contributed by atoms with Crippen LogP contribution in [-0.4, -0.2) is 34.3 Å². The first-order valence-corrected chi connectivity index (χ1v) is 6.59. The lowest BCUT2D eigenvalue weighted by Crippen LogP contribution is -2.69. The highest BCUT2D eigenvalue weighted by Crippen LogP contribution is 2.41. The van der Waals surface area contributed by atoms with Gasteiger partial charge in [-0.15, -0.1) is 0 Å². The third-order valence-corrected chi connectivity index (χ3v) is 4.38. The van der Waals surface area contributed by atoms with E-state index in [1.165, 1.54) is 0 Å². The Labute approximate surface area is 103 Å². The molecule has 2 amide bonds. The number of hydrogen-bond acceptors (Lipinski definition) is 2. The Balaban J connectivity index is 2.23. The summed E-state index contributed by atoms with van der Waals surface area (Å²) in [6, 6.07) is -0.0249. The predicted molar refractivity (Wildman–Crippen MR) is 65.3 cm³/mol. The Bertz CT molecular complexity index is 355. The van der Waals surface area contributed by atoms with Gasteiger partial charge in [0.25, 0.3) is 0 Å². The van der Waals surface area contributed by atoms with Crippen LogP contribution in [0.1, 0.15) is 47.0 Å². The molecule has 96 valence electrons. The van der Waals surface area contributed by atoms with Crippen LogP contribution in [-0.2, 0) is 9.59 Å². The van der Waals surface area contributed by atoms with Crippen molar-refractivity contribution in [1.82, 2.24) is 10.2 Å². The van der Waals surface area contributed by atoms with E-state index in [-0.39, 0.29) is 17.9 Å². The molecule has 0 aromatic heterocycles. The molecule has 2 rings (SSSR count). The SMILES string of the molecule is CCC1CC1N1C(=O)C(C)(CC)NC(=O)C1C. The molecule has 17 heavy (non-hydrogen) atoms. The van der Waals surface area contributed by atoms with Crippen LogP contribution in [0.2, 0.25) is 0 Å². The first-order chi connectivity index (χ1) is 7.94. The molecule has 4 atom stereocenters. The molecule has 1 aliphatic carbocycles. The van der Waals surface area contributed by atoms with E-state index < -0.39 is 5.54 Å². The molecule has 0 bridgehead atoms. The number of nitrogens with zero attached hydrogens (tertiary/aromatic N) is 1. The fourth-order valence-electron chi connectivity index (χ4n) is 2.71. The summed E-state index contributed by atoms with van der Waals surface area (Å²) in [6.07, 6.45) is 2.79. The summed E-state index contributed by atoms with van der Waals surface area (Å²) in [4.78, 5) is 26.3. The number of hydrogen-bond donors (Lipinski definition) is 1. The molecule has 0 spiro atoms. The lowest BCUT2D eigenvalue weighted by atomic mass is 9.92. The summed E-state index contributed by atoms with van der Waals surface area (Å²) in [6.45, 7) is 7.74. The Kier molecular flexibility index (Phi) is 2.92. The summed E-state index contributed by atoms with van der Waals surface area (Å²) in [5.74, 6) is 0.664. The van der Waals surface area contributed by atoms with Gasteiger partial charge >= 0.3 is 0 Å². The van der Waals surface area contributed by atoms with Gasteiger partial charge in [0.05, 0.1) is 0 Å². The molecule has 2 aliphatic rings. The first kappa shape index (κ1) is 12.4. The summed E-state index contributed by atoms with van der Waals surface area (Å²) < 4.78 is 0. The average Bonchev–Trinajstić information content (AvgIpc) is 3.06. The molecule has 1 heterocycles. The minimum Gasteiger partial charge on any atom is -0.340 e. The lowest BCUT2D eigenvalue weighted by Gasteiger charge is -2.43. The van der Waals surface area contributed by atoms with Gasteiger partial charge in [0.2, 0.25) is 11.8 Å². The molecule has 1 N–H and O–H groups in total. The van der Waals surface area contributed by atoms with E-state index in [4.69, 9.17) is 0 Å². The van der Waals surface area contributed by atoms with Crippen LogP contribution in [0.25, 0.3) is 0 Å². The molecule has 4 unspecified atom stereocenters. The van der Waals surface area contributed by atoms with E-state index >= 15 is 0 Å². The molecule has 1 saturated heterocycles. The largest absolute Gasteiger partial charge is 0.340 e. The van der Waals surface area contributed by atoms with Crippen molar-refractivity contribution in [2.24, 2.45) is 5.92 Å². The summed E-state index contributed by atoms with van der Waals surface area (Å²) in [7, 11) is 0. The molecule has 0 radical (unpaired) electrons. The highest BCUT2D eigenvalue weighted by atomic mass is 16.2. The predicted octanol–water partition coefficient (Wildman–Crippen LogP) is 1.30. The second kappa shape index (κ2) is 4.00. The summed E-state index contributed by atoms with van der Waals surface area (Å²) in [5.41, 5.74) is -0.704. The van der Waals surface area contributed by atoms with Crippen molar-refractivity contribution in [1.29, 1.82) is 0 Å². The van der Waals surface area contributed by atoms with Crippen molar-refractivity contribution >= 4 is 11.8 Å². The quantitative estimate of drug-likeness (QED) is 0.805. The Morgan fingerprint density at radius 1 is 1.41 bits per heavy atom. The zero-order chi connectivity index (χ0) is 12.8. The number of carbonyl (C=O) groups excluding carboxylic acids is 2. The van der Waals surface area contributed by atoms with Crippen molar-refractivity contribution < 1.29 is 9.59 Å². The van der Waals surface area contributed by atoms with Crippen LogP contribution in [0.4, 0.5) is 0 Å². The Morgan fingerprint density at radius 3 is 2.53 bits per heavy atom. The number of piperazine rings is 1. The molecule has 2 fully saturated rings. The van der Waals surface area contributed by atoms with Gasteiger partial charge in [0.15, 0.2) is 0 Å². The van der Waals surface area contributed by atoms with E-state index in [2.05, 4.69) is 12.2 Å². The van der Waals surface area contributed by atoms with E-state index in [9.17, 15) is 9.59 Å².